The van der Waals surface area contributed by atoms with Crippen LogP contribution in [-0.2, 0) is 4.79 Å². The van der Waals surface area contributed by atoms with E-state index in [0.717, 1.165) is 12.8 Å². The van der Waals surface area contributed by atoms with Crippen LogP contribution in [0.1, 0.15) is 25.7 Å². The number of hydrogen-bond acceptors (Lipinski definition) is 4. The van der Waals surface area contributed by atoms with E-state index in [4.69, 9.17) is 28.9 Å². The smallest absolute Gasteiger partial charge is 0.245 e. The fourth-order valence-corrected chi connectivity index (χ4v) is 2.18. The highest BCUT2D eigenvalue weighted by Crippen LogP contribution is 2.30. The van der Waals surface area contributed by atoms with Crippen molar-refractivity contribution in [2.24, 2.45) is 5.73 Å². The van der Waals surface area contributed by atoms with Gasteiger partial charge in [0.2, 0.25) is 5.91 Å². The molecule has 0 radical (unpaired) electrons. The molecule has 0 aliphatic heterocycles. The molecule has 0 unspecified atom stereocenters. The molecule has 0 bridgehead atoms. The molecule has 1 aromatic rings. The van der Waals surface area contributed by atoms with Crippen LogP contribution in [0.2, 0.25) is 10.2 Å². The lowest BCUT2D eigenvalue weighted by Crippen LogP contribution is -2.48. The molecule has 1 aliphatic rings. The van der Waals surface area contributed by atoms with Crippen molar-refractivity contribution in [1.29, 1.82) is 0 Å². The summed E-state index contributed by atoms with van der Waals surface area (Å²) in [5.74, 6) is -0.0694. The zero-order valence-corrected chi connectivity index (χ0v) is 10.6. The van der Waals surface area contributed by atoms with Gasteiger partial charge in [-0.3, -0.25) is 4.79 Å². The predicted molar refractivity (Wildman–Crippen MR) is 66.1 cm³/mol. The van der Waals surface area contributed by atoms with Crippen LogP contribution < -0.4 is 11.1 Å². The molecule has 1 amide bonds. The Morgan fingerprint density at radius 1 is 1.35 bits per heavy atom. The number of nitrogens with two attached hydrogens (primary N) is 1. The van der Waals surface area contributed by atoms with Gasteiger partial charge < -0.3 is 11.1 Å². The Kier molecular flexibility index (Phi) is 3.51. The number of nitrogens with one attached hydrogen (secondary N) is 1. The van der Waals surface area contributed by atoms with Gasteiger partial charge in [-0.2, -0.15) is 0 Å². The minimum Gasteiger partial charge on any atom is -0.317 e. The summed E-state index contributed by atoms with van der Waals surface area (Å²) in [6, 6.07) is 0. The van der Waals surface area contributed by atoms with E-state index in [0.29, 0.717) is 12.8 Å². The number of rotatable bonds is 2. The maximum Gasteiger partial charge on any atom is 0.245 e. The van der Waals surface area contributed by atoms with Crippen LogP contribution in [0, 0.1) is 0 Å². The van der Waals surface area contributed by atoms with Crippen molar-refractivity contribution in [2.75, 3.05) is 5.32 Å². The second kappa shape index (κ2) is 4.76. The molecule has 1 heterocycles. The van der Waals surface area contributed by atoms with Gasteiger partial charge in [-0.05, 0) is 12.8 Å². The molecule has 1 aromatic heterocycles. The van der Waals surface area contributed by atoms with Crippen LogP contribution in [0.5, 0.6) is 0 Å². The van der Waals surface area contributed by atoms with Gasteiger partial charge in [-0.15, -0.1) is 0 Å². The van der Waals surface area contributed by atoms with Crippen LogP contribution in [-0.4, -0.2) is 21.4 Å². The molecule has 0 aromatic carbocycles. The Morgan fingerprint density at radius 3 is 2.65 bits per heavy atom. The first-order valence-electron chi connectivity index (χ1n) is 5.29. The monoisotopic (exact) mass is 274 g/mol. The van der Waals surface area contributed by atoms with Crippen molar-refractivity contribution in [1.82, 2.24) is 9.97 Å². The number of carbonyl (C=O) groups is 1. The van der Waals surface area contributed by atoms with E-state index >= 15 is 0 Å². The molecule has 7 heteroatoms. The number of nitrogens with zero attached hydrogens (tertiary/aromatic N) is 2. The van der Waals surface area contributed by atoms with Gasteiger partial charge in [-0.1, -0.05) is 36.0 Å². The summed E-state index contributed by atoms with van der Waals surface area (Å²) < 4.78 is 0. The van der Waals surface area contributed by atoms with Gasteiger partial charge in [0.15, 0.2) is 11.0 Å². The zero-order chi connectivity index (χ0) is 12.5. The molecule has 0 atom stereocenters. The fourth-order valence-electron chi connectivity index (χ4n) is 1.90. The molecule has 1 aliphatic carbocycles. The Balaban J connectivity index is 2.16. The molecule has 0 saturated heterocycles. The lowest BCUT2D eigenvalue weighted by molar-refractivity contribution is -0.121. The first-order chi connectivity index (χ1) is 8.03. The Bertz CT molecular complexity index is 446. The number of amides is 1. The molecular formula is C10H12Cl2N4O. The van der Waals surface area contributed by atoms with Gasteiger partial charge in [-0.25, -0.2) is 9.97 Å². The summed E-state index contributed by atoms with van der Waals surface area (Å²) in [4.78, 5) is 19.6. The highest BCUT2D eigenvalue weighted by atomic mass is 35.5. The molecule has 2 rings (SSSR count). The molecule has 0 spiro atoms. The maximum absolute atomic E-state index is 12.0. The van der Waals surface area contributed by atoms with Crippen LogP contribution in [0.15, 0.2) is 6.33 Å². The average molecular weight is 275 g/mol. The number of hydrogen-bond donors (Lipinski definition) is 2. The highest BCUT2D eigenvalue weighted by Gasteiger charge is 2.37. The van der Waals surface area contributed by atoms with E-state index in [1.54, 1.807) is 0 Å². The van der Waals surface area contributed by atoms with Crippen molar-refractivity contribution in [2.45, 2.75) is 31.2 Å². The summed E-state index contributed by atoms with van der Waals surface area (Å²) in [6.07, 6.45) is 4.51. The fraction of sp³-hybridized carbons (Fsp3) is 0.500. The SMILES string of the molecule is NC1(C(=O)Nc2ncnc(Cl)c2Cl)CCCC1. The van der Waals surface area contributed by atoms with Gasteiger partial charge in [0, 0.05) is 0 Å². The van der Waals surface area contributed by atoms with Crippen molar-refractivity contribution < 1.29 is 4.79 Å². The van der Waals surface area contributed by atoms with Crippen LogP contribution >= 0.6 is 23.2 Å². The van der Waals surface area contributed by atoms with Crippen LogP contribution in [0.25, 0.3) is 0 Å². The number of halogens is 2. The third-order valence-electron chi connectivity index (χ3n) is 2.93. The first kappa shape index (κ1) is 12.5. The standard InChI is InChI=1S/C10H12Cl2N4O/c11-6-7(12)14-5-15-8(6)16-9(17)10(13)3-1-2-4-10/h5H,1-4,13H2,(H,14,15,16,17). The van der Waals surface area contributed by atoms with E-state index in [1.165, 1.54) is 6.33 Å². The maximum atomic E-state index is 12.0. The summed E-state index contributed by atoms with van der Waals surface area (Å²) >= 11 is 11.6. The van der Waals surface area contributed by atoms with Crippen molar-refractivity contribution in [3.05, 3.63) is 16.5 Å². The van der Waals surface area contributed by atoms with Gasteiger partial charge in [0.05, 0.1) is 5.54 Å². The number of anilines is 1. The quantitative estimate of drug-likeness (QED) is 0.809. The minimum absolute atomic E-state index is 0.106. The summed E-state index contributed by atoms with van der Waals surface area (Å²) in [5, 5.41) is 2.84. The van der Waals surface area contributed by atoms with Crippen LogP contribution in [0.4, 0.5) is 5.82 Å². The first-order valence-corrected chi connectivity index (χ1v) is 6.05. The van der Waals surface area contributed by atoms with Crippen molar-refractivity contribution in [3.8, 4) is 0 Å². The highest BCUT2D eigenvalue weighted by molar-refractivity contribution is 6.43. The van der Waals surface area contributed by atoms with Crippen molar-refractivity contribution >= 4 is 34.9 Å². The predicted octanol–water partition coefficient (Wildman–Crippen LogP) is 1.99. The van der Waals surface area contributed by atoms with Crippen LogP contribution in [0.3, 0.4) is 0 Å². The largest absolute Gasteiger partial charge is 0.317 e. The zero-order valence-electron chi connectivity index (χ0n) is 9.04. The summed E-state index contributed by atoms with van der Waals surface area (Å²) in [5.41, 5.74) is 5.19. The average Bonchev–Trinajstić information content (AvgIpc) is 2.73. The Morgan fingerprint density at radius 2 is 2.00 bits per heavy atom. The Hall–Kier alpha value is -0.910. The molecule has 1 saturated carbocycles. The van der Waals surface area contributed by atoms with E-state index in [2.05, 4.69) is 15.3 Å². The number of aromatic nitrogens is 2. The minimum atomic E-state index is -0.819. The van der Waals surface area contributed by atoms with E-state index in [-0.39, 0.29) is 21.9 Å². The second-order valence-electron chi connectivity index (χ2n) is 4.14. The molecule has 92 valence electrons. The second-order valence-corrected chi connectivity index (χ2v) is 4.88. The normalized spacial score (nSPS) is 18.1. The topological polar surface area (TPSA) is 80.9 Å². The number of carbonyl (C=O) groups excluding carboxylic acids is 1. The van der Waals surface area contributed by atoms with E-state index < -0.39 is 5.54 Å². The van der Waals surface area contributed by atoms with Crippen molar-refractivity contribution in [3.63, 3.8) is 0 Å². The summed E-state index contributed by atoms with van der Waals surface area (Å²) in [6.45, 7) is 0. The molecule has 3 N–H and O–H groups in total. The Labute approximate surface area is 109 Å². The van der Waals surface area contributed by atoms with E-state index in [9.17, 15) is 4.79 Å². The molecular weight excluding hydrogens is 263 g/mol. The van der Waals surface area contributed by atoms with E-state index in [1.807, 2.05) is 0 Å². The van der Waals surface area contributed by atoms with Gasteiger partial charge >= 0.3 is 0 Å². The molecule has 5 nitrogen and oxygen atoms in total. The van der Waals surface area contributed by atoms with Gasteiger partial charge in [0.1, 0.15) is 11.3 Å². The van der Waals surface area contributed by atoms with Gasteiger partial charge in [0.25, 0.3) is 0 Å². The molecule has 17 heavy (non-hydrogen) atoms. The third-order valence-corrected chi connectivity index (χ3v) is 3.67. The third kappa shape index (κ3) is 2.51. The lowest BCUT2D eigenvalue weighted by Gasteiger charge is -2.22. The summed E-state index contributed by atoms with van der Waals surface area (Å²) in [7, 11) is 0. The lowest BCUT2D eigenvalue weighted by atomic mass is 9.98. The molecule has 1 fully saturated rings.